The number of aliphatic hydroxyl groups is 1. The minimum atomic E-state index is -4.31. The first kappa shape index (κ1) is 15.5. The minimum Gasteiger partial charge on any atom is -0.506 e. The molecule has 0 bridgehead atoms. The summed E-state index contributed by atoms with van der Waals surface area (Å²) < 4.78 is 31.5. The van der Waals surface area contributed by atoms with Crippen LogP contribution in [0.3, 0.4) is 0 Å². The van der Waals surface area contributed by atoms with Crippen LogP contribution in [0, 0.1) is 0 Å². The summed E-state index contributed by atoms with van der Waals surface area (Å²) in [5, 5.41) is 10.9. The molecule has 124 valence electrons. The molecule has 0 aliphatic heterocycles. The Labute approximate surface area is 142 Å². The number of pyridine rings is 1. The predicted octanol–water partition coefficient (Wildman–Crippen LogP) is 3.10. The Balaban J connectivity index is 1.87. The first-order chi connectivity index (χ1) is 11.9. The van der Waals surface area contributed by atoms with Crippen LogP contribution in [0.1, 0.15) is 21.6 Å². The monoisotopic (exact) mass is 353 g/mol. The Morgan fingerprint density at radius 2 is 1.64 bits per heavy atom. The highest BCUT2D eigenvalue weighted by atomic mass is 32.2. The van der Waals surface area contributed by atoms with Crippen LogP contribution in [0.5, 0.6) is 0 Å². The summed E-state index contributed by atoms with van der Waals surface area (Å²) >= 11 is 0. The van der Waals surface area contributed by atoms with E-state index >= 15 is 0 Å². The molecule has 0 saturated carbocycles. The molecule has 0 saturated heterocycles. The van der Waals surface area contributed by atoms with Crippen LogP contribution in [0.4, 0.5) is 0 Å². The number of carbonyl (C=O) groups excluding carboxylic acids is 1. The lowest BCUT2D eigenvalue weighted by Gasteiger charge is -2.05. The van der Waals surface area contributed by atoms with Gasteiger partial charge in [0.25, 0.3) is 10.1 Å². The van der Waals surface area contributed by atoms with E-state index in [4.69, 9.17) is 4.55 Å². The number of carbonyl (C=O) groups is 1. The molecule has 1 aliphatic carbocycles. The minimum absolute atomic E-state index is 0.113. The van der Waals surface area contributed by atoms with E-state index in [-0.39, 0.29) is 22.0 Å². The molecule has 0 spiro atoms. The zero-order valence-electron chi connectivity index (χ0n) is 12.7. The van der Waals surface area contributed by atoms with Crippen LogP contribution in [0.25, 0.3) is 22.2 Å². The van der Waals surface area contributed by atoms with Gasteiger partial charge >= 0.3 is 0 Å². The molecule has 25 heavy (non-hydrogen) atoms. The summed E-state index contributed by atoms with van der Waals surface area (Å²) in [5.74, 6) is -0.434. The molecule has 0 atom stereocenters. The number of fused-ring (bicyclic) bond motifs is 2. The van der Waals surface area contributed by atoms with Gasteiger partial charge in [-0.1, -0.05) is 30.3 Å². The zero-order chi connectivity index (χ0) is 17.8. The Bertz CT molecular complexity index is 1200. The summed E-state index contributed by atoms with van der Waals surface area (Å²) in [6.07, 6.45) is 0. The fraction of sp³-hybridized carbons (Fsp3) is 0. The third kappa shape index (κ3) is 2.41. The van der Waals surface area contributed by atoms with Gasteiger partial charge in [0.2, 0.25) is 0 Å². The van der Waals surface area contributed by atoms with Crippen molar-refractivity contribution in [1.29, 1.82) is 0 Å². The van der Waals surface area contributed by atoms with Gasteiger partial charge < -0.3 is 5.11 Å². The van der Waals surface area contributed by atoms with Gasteiger partial charge in [-0.05, 0) is 24.3 Å². The van der Waals surface area contributed by atoms with Crippen molar-refractivity contribution in [3.63, 3.8) is 0 Å². The average molecular weight is 353 g/mol. The van der Waals surface area contributed by atoms with Crippen molar-refractivity contribution < 1.29 is 22.9 Å². The number of rotatable bonds is 2. The fourth-order valence-corrected chi connectivity index (χ4v) is 3.42. The first-order valence-corrected chi connectivity index (χ1v) is 8.76. The van der Waals surface area contributed by atoms with Crippen molar-refractivity contribution in [3.8, 4) is 0 Å². The SMILES string of the molecule is O=C1C(c2ccc3cc(S(=O)(=O)O)ccc3n2)=C(O)c2ccccc21. The number of hydrogen-bond acceptors (Lipinski definition) is 5. The van der Waals surface area contributed by atoms with Crippen molar-refractivity contribution in [2.24, 2.45) is 0 Å². The van der Waals surface area contributed by atoms with Gasteiger partial charge in [0.1, 0.15) is 5.76 Å². The summed E-state index contributed by atoms with van der Waals surface area (Å²) in [6.45, 7) is 0. The van der Waals surface area contributed by atoms with Crippen LogP contribution < -0.4 is 0 Å². The number of aliphatic hydroxyl groups excluding tert-OH is 1. The molecule has 0 radical (unpaired) electrons. The number of allylic oxidation sites excluding steroid dienone is 1. The molecule has 0 unspecified atom stereocenters. The van der Waals surface area contributed by atoms with Gasteiger partial charge in [-0.25, -0.2) is 4.98 Å². The average Bonchev–Trinajstić information content (AvgIpc) is 2.85. The molecule has 7 heteroatoms. The van der Waals surface area contributed by atoms with Crippen molar-refractivity contribution in [3.05, 3.63) is 71.4 Å². The van der Waals surface area contributed by atoms with Gasteiger partial charge in [0.15, 0.2) is 5.78 Å². The smallest absolute Gasteiger partial charge is 0.294 e. The number of Topliss-reactive ketones (excluding diaryl/α,β-unsaturated/α-hetero) is 1. The standard InChI is InChI=1S/C18H11NO5S/c20-17-12-3-1-2-4-13(12)18(21)16(17)15-7-5-10-9-11(25(22,23)24)6-8-14(10)19-15/h1-9,20H,(H,22,23,24). The quantitative estimate of drug-likeness (QED) is 0.686. The molecule has 0 fully saturated rings. The number of benzene rings is 2. The molecule has 4 rings (SSSR count). The number of nitrogens with zero attached hydrogens (tertiary/aromatic N) is 1. The van der Waals surface area contributed by atoms with Crippen LogP contribution >= 0.6 is 0 Å². The Morgan fingerprint density at radius 1 is 0.920 bits per heavy atom. The molecule has 2 aromatic carbocycles. The zero-order valence-corrected chi connectivity index (χ0v) is 13.5. The molecule has 1 aliphatic rings. The molecule has 3 aromatic rings. The lowest BCUT2D eigenvalue weighted by atomic mass is 10.1. The Hall–Kier alpha value is -3.03. The summed E-state index contributed by atoms with van der Waals surface area (Å²) in [7, 11) is -4.31. The largest absolute Gasteiger partial charge is 0.506 e. The van der Waals surface area contributed by atoms with E-state index in [1.54, 1.807) is 30.3 Å². The lowest BCUT2D eigenvalue weighted by Crippen LogP contribution is -2.01. The van der Waals surface area contributed by atoms with Crippen molar-refractivity contribution in [2.45, 2.75) is 4.90 Å². The van der Waals surface area contributed by atoms with E-state index in [0.29, 0.717) is 27.7 Å². The Kier molecular flexibility index (Phi) is 3.24. The van der Waals surface area contributed by atoms with E-state index < -0.39 is 10.1 Å². The molecule has 0 amide bonds. The van der Waals surface area contributed by atoms with Crippen molar-refractivity contribution in [2.75, 3.05) is 0 Å². The van der Waals surface area contributed by atoms with E-state index in [1.807, 2.05) is 0 Å². The number of ketones is 1. The highest BCUT2D eigenvalue weighted by molar-refractivity contribution is 7.85. The third-order valence-electron chi connectivity index (χ3n) is 4.11. The molecule has 2 N–H and O–H groups in total. The first-order valence-electron chi connectivity index (χ1n) is 7.32. The van der Waals surface area contributed by atoms with E-state index in [9.17, 15) is 18.3 Å². The highest BCUT2D eigenvalue weighted by Crippen LogP contribution is 2.36. The van der Waals surface area contributed by atoms with Gasteiger partial charge in [0.05, 0.1) is 21.7 Å². The summed E-state index contributed by atoms with van der Waals surface area (Å²) in [6, 6.07) is 13.8. The molecular formula is C18H11NO5S. The second kappa shape index (κ2) is 5.23. The van der Waals surface area contributed by atoms with Crippen LogP contribution in [0.15, 0.2) is 59.5 Å². The van der Waals surface area contributed by atoms with Gasteiger partial charge in [-0.2, -0.15) is 8.42 Å². The predicted molar refractivity (Wildman–Crippen MR) is 91.8 cm³/mol. The van der Waals surface area contributed by atoms with E-state index in [0.717, 1.165) is 0 Å². The van der Waals surface area contributed by atoms with Crippen LogP contribution in [0.2, 0.25) is 0 Å². The second-order valence-corrected chi connectivity index (χ2v) is 7.05. The van der Waals surface area contributed by atoms with Crippen LogP contribution in [-0.2, 0) is 10.1 Å². The van der Waals surface area contributed by atoms with Gasteiger partial charge in [-0.15, -0.1) is 0 Å². The number of hydrogen-bond donors (Lipinski definition) is 2. The lowest BCUT2D eigenvalue weighted by molar-refractivity contribution is 0.105. The molecule has 1 heterocycles. The van der Waals surface area contributed by atoms with E-state index in [2.05, 4.69) is 4.98 Å². The molecule has 6 nitrogen and oxygen atoms in total. The van der Waals surface area contributed by atoms with Crippen molar-refractivity contribution in [1.82, 2.24) is 4.98 Å². The Morgan fingerprint density at radius 3 is 2.32 bits per heavy atom. The van der Waals surface area contributed by atoms with E-state index in [1.165, 1.54) is 24.3 Å². The molecular weight excluding hydrogens is 342 g/mol. The van der Waals surface area contributed by atoms with Crippen molar-refractivity contribution >= 4 is 38.1 Å². The van der Waals surface area contributed by atoms with Gasteiger partial charge in [-0.3, -0.25) is 9.35 Å². The maximum absolute atomic E-state index is 12.6. The topological polar surface area (TPSA) is 105 Å². The highest BCUT2D eigenvalue weighted by Gasteiger charge is 2.31. The summed E-state index contributed by atoms with van der Waals surface area (Å²) in [4.78, 5) is 16.7. The summed E-state index contributed by atoms with van der Waals surface area (Å²) in [5.41, 5.74) is 1.73. The van der Waals surface area contributed by atoms with Gasteiger partial charge in [0, 0.05) is 16.5 Å². The van der Waals surface area contributed by atoms with Crippen LogP contribution in [-0.4, -0.2) is 28.8 Å². The maximum atomic E-state index is 12.6. The third-order valence-corrected chi connectivity index (χ3v) is 4.95. The number of aromatic nitrogens is 1. The second-order valence-electron chi connectivity index (χ2n) is 5.62. The normalized spacial score (nSPS) is 14.2. The molecule has 1 aromatic heterocycles. The fourth-order valence-electron chi connectivity index (χ4n) is 2.91. The maximum Gasteiger partial charge on any atom is 0.294 e.